The number of aryl methyl sites for hydroxylation is 1. The molecule has 9 nitrogen and oxygen atoms in total. The number of hydrogen-bond donors (Lipinski definition) is 0. The molecule has 1 fully saturated rings. The van der Waals surface area contributed by atoms with Crippen molar-refractivity contribution >= 4 is 28.0 Å². The Labute approximate surface area is 229 Å². The molecular formula is C30H37N5O4. The number of aromatic nitrogens is 4. The van der Waals surface area contributed by atoms with Crippen LogP contribution in [0.4, 0.5) is 4.79 Å². The molecule has 2 atom stereocenters. The summed E-state index contributed by atoms with van der Waals surface area (Å²) < 4.78 is 18.5. The lowest BCUT2D eigenvalue weighted by Gasteiger charge is -2.42. The van der Waals surface area contributed by atoms with Gasteiger partial charge in [-0.2, -0.15) is 5.10 Å². The monoisotopic (exact) mass is 531 g/mol. The van der Waals surface area contributed by atoms with Crippen molar-refractivity contribution in [1.82, 2.24) is 24.6 Å². The third kappa shape index (κ3) is 5.68. The fraction of sp³-hybridized carbons (Fsp3) is 0.467. The molecule has 3 aromatic heterocycles. The van der Waals surface area contributed by atoms with Crippen molar-refractivity contribution in [2.45, 2.75) is 71.1 Å². The minimum Gasteiger partial charge on any atom is -0.467 e. The van der Waals surface area contributed by atoms with Gasteiger partial charge in [0.25, 0.3) is 0 Å². The van der Waals surface area contributed by atoms with Crippen molar-refractivity contribution < 1.29 is 19.0 Å². The summed E-state index contributed by atoms with van der Waals surface area (Å²) in [6.45, 7) is 10.0. The van der Waals surface area contributed by atoms with E-state index in [1.807, 2.05) is 69.2 Å². The number of carbonyl (C=O) groups is 1. The third-order valence-corrected chi connectivity index (χ3v) is 7.12. The quantitative estimate of drug-likeness (QED) is 0.289. The van der Waals surface area contributed by atoms with Gasteiger partial charge in [0.05, 0.1) is 22.2 Å². The van der Waals surface area contributed by atoms with Gasteiger partial charge in [-0.1, -0.05) is 0 Å². The Morgan fingerprint density at radius 2 is 1.69 bits per heavy atom. The number of fused-ring (bicyclic) bond motifs is 2. The van der Waals surface area contributed by atoms with E-state index < -0.39 is 5.60 Å². The zero-order chi connectivity index (χ0) is 27.9. The van der Waals surface area contributed by atoms with Crippen molar-refractivity contribution in [2.24, 2.45) is 7.05 Å². The van der Waals surface area contributed by atoms with Gasteiger partial charge in [0.2, 0.25) is 0 Å². The maximum atomic E-state index is 12.8. The number of piperidine rings is 1. The van der Waals surface area contributed by atoms with E-state index in [-0.39, 0.29) is 30.9 Å². The molecule has 1 aliphatic heterocycles. The van der Waals surface area contributed by atoms with Gasteiger partial charge in [0.15, 0.2) is 6.79 Å². The van der Waals surface area contributed by atoms with Crippen LogP contribution in [0.2, 0.25) is 0 Å². The number of rotatable bonds is 5. The summed E-state index contributed by atoms with van der Waals surface area (Å²) in [6, 6.07) is 12.2. The molecule has 0 aliphatic carbocycles. The maximum Gasteiger partial charge on any atom is 0.410 e. The van der Waals surface area contributed by atoms with Crippen LogP contribution >= 0.6 is 0 Å². The lowest BCUT2D eigenvalue weighted by Crippen LogP contribution is -2.51. The van der Waals surface area contributed by atoms with E-state index in [9.17, 15) is 4.79 Å². The molecule has 39 heavy (non-hydrogen) atoms. The fourth-order valence-corrected chi connectivity index (χ4v) is 5.52. The first kappa shape index (κ1) is 26.9. The van der Waals surface area contributed by atoms with Gasteiger partial charge in [0.1, 0.15) is 11.4 Å². The average Bonchev–Trinajstić information content (AvgIpc) is 3.23. The zero-order valence-corrected chi connectivity index (χ0v) is 23.8. The molecule has 2 unspecified atom stereocenters. The van der Waals surface area contributed by atoms with Gasteiger partial charge in [0, 0.05) is 61.1 Å². The van der Waals surface area contributed by atoms with E-state index >= 15 is 0 Å². The Morgan fingerprint density at radius 1 is 1.00 bits per heavy atom. The van der Waals surface area contributed by atoms with E-state index in [0.29, 0.717) is 5.75 Å². The molecule has 1 aromatic carbocycles. The number of benzene rings is 1. The number of methoxy groups -OCH3 is 1. The minimum absolute atomic E-state index is 0.0551. The van der Waals surface area contributed by atoms with Gasteiger partial charge >= 0.3 is 6.09 Å². The molecule has 1 amide bonds. The van der Waals surface area contributed by atoms with Crippen molar-refractivity contribution in [1.29, 1.82) is 0 Å². The fourth-order valence-electron chi connectivity index (χ4n) is 5.52. The van der Waals surface area contributed by atoms with Crippen LogP contribution in [0, 0.1) is 0 Å². The zero-order valence-electron chi connectivity index (χ0n) is 23.8. The first-order chi connectivity index (χ1) is 18.5. The minimum atomic E-state index is -0.514. The molecule has 1 aliphatic rings. The molecule has 1 saturated heterocycles. The lowest BCUT2D eigenvalue weighted by atomic mass is 9.85. The third-order valence-electron chi connectivity index (χ3n) is 7.12. The van der Waals surface area contributed by atoms with Crippen LogP contribution in [0.25, 0.3) is 33.2 Å². The average molecular weight is 532 g/mol. The molecule has 0 bridgehead atoms. The van der Waals surface area contributed by atoms with E-state index in [1.165, 1.54) is 0 Å². The molecule has 9 heteroatoms. The smallest absolute Gasteiger partial charge is 0.410 e. The summed E-state index contributed by atoms with van der Waals surface area (Å²) in [7, 11) is 3.50. The van der Waals surface area contributed by atoms with Gasteiger partial charge in [-0.05, 0) is 77.8 Å². The van der Waals surface area contributed by atoms with E-state index in [4.69, 9.17) is 24.2 Å². The van der Waals surface area contributed by atoms with Crippen molar-refractivity contribution in [3.63, 3.8) is 0 Å². The molecule has 5 rings (SSSR count). The van der Waals surface area contributed by atoms with E-state index in [2.05, 4.69) is 25.0 Å². The molecule has 0 radical (unpaired) electrons. The normalized spacial score (nSPS) is 20.0. The van der Waals surface area contributed by atoms with Crippen LogP contribution in [-0.2, 0) is 16.5 Å². The predicted octanol–water partition coefficient (Wildman–Crippen LogP) is 6.06. The van der Waals surface area contributed by atoms with Crippen molar-refractivity contribution in [3.05, 3.63) is 48.3 Å². The largest absolute Gasteiger partial charge is 0.467 e. The number of ether oxygens (including phenoxy) is 3. The lowest BCUT2D eigenvalue weighted by molar-refractivity contribution is -0.00272. The summed E-state index contributed by atoms with van der Waals surface area (Å²) in [6.07, 6.45) is 3.39. The van der Waals surface area contributed by atoms with Crippen LogP contribution in [-0.4, -0.2) is 62.3 Å². The van der Waals surface area contributed by atoms with Gasteiger partial charge in [-0.25, -0.2) is 9.78 Å². The number of amides is 1. The van der Waals surface area contributed by atoms with Gasteiger partial charge in [-0.15, -0.1) is 0 Å². The number of carbonyl (C=O) groups excluding carboxylic acids is 1. The van der Waals surface area contributed by atoms with Gasteiger partial charge in [-0.3, -0.25) is 9.67 Å². The van der Waals surface area contributed by atoms with Crippen LogP contribution in [0.5, 0.6) is 5.75 Å². The van der Waals surface area contributed by atoms with Gasteiger partial charge < -0.3 is 19.1 Å². The molecule has 4 aromatic rings. The maximum absolute atomic E-state index is 12.8. The van der Waals surface area contributed by atoms with Crippen LogP contribution in [0.15, 0.2) is 42.6 Å². The second kappa shape index (κ2) is 10.4. The number of hydrogen-bond acceptors (Lipinski definition) is 7. The molecule has 0 N–H and O–H groups in total. The SMILES string of the molecule is COCOc1cc2nn(C)cc2cc1-c1ccc2nc(C3CC(C)N(C(=O)OC(C)(C)C)C(C)C3)ccc2n1. The van der Waals surface area contributed by atoms with Crippen LogP contribution in [0.1, 0.15) is 59.1 Å². The molecule has 4 heterocycles. The summed E-state index contributed by atoms with van der Waals surface area (Å²) in [4.78, 5) is 24.6. The summed E-state index contributed by atoms with van der Waals surface area (Å²) >= 11 is 0. The first-order valence-electron chi connectivity index (χ1n) is 13.4. The van der Waals surface area contributed by atoms with Crippen LogP contribution < -0.4 is 4.74 Å². The number of pyridine rings is 2. The molecule has 0 saturated carbocycles. The first-order valence-corrected chi connectivity index (χ1v) is 13.4. The highest BCUT2D eigenvalue weighted by Gasteiger charge is 2.37. The highest BCUT2D eigenvalue weighted by atomic mass is 16.7. The number of likely N-dealkylation sites (tertiary alicyclic amines) is 1. The highest BCUT2D eigenvalue weighted by molar-refractivity contribution is 5.88. The molecule has 0 spiro atoms. The predicted molar refractivity (Wildman–Crippen MR) is 151 cm³/mol. The highest BCUT2D eigenvalue weighted by Crippen LogP contribution is 2.37. The second-order valence-electron chi connectivity index (χ2n) is 11.5. The summed E-state index contributed by atoms with van der Waals surface area (Å²) in [5.74, 6) is 0.916. The molecular weight excluding hydrogens is 494 g/mol. The summed E-state index contributed by atoms with van der Waals surface area (Å²) in [5, 5.41) is 5.51. The standard InChI is InChI=1S/C30H37N5O4/c1-18-12-20(13-19(2)35(18)29(36)39-30(3,4)5)23-8-10-26-25(31-23)11-9-24(32-26)22-14-21-16-34(6)33-27(21)15-28(22)38-17-37-7/h8-11,14-16,18-20H,12-13,17H2,1-7H3. The summed E-state index contributed by atoms with van der Waals surface area (Å²) in [5.41, 5.74) is 4.68. The Hall–Kier alpha value is -3.72. The number of nitrogens with zero attached hydrogens (tertiary/aromatic N) is 5. The van der Waals surface area contributed by atoms with E-state index in [0.717, 1.165) is 51.7 Å². The Bertz CT molecular complexity index is 1500. The Balaban J connectivity index is 1.41. The second-order valence-corrected chi connectivity index (χ2v) is 11.5. The van der Waals surface area contributed by atoms with E-state index in [1.54, 1.807) is 11.8 Å². The Kier molecular flexibility index (Phi) is 7.20. The Morgan fingerprint density at radius 3 is 2.38 bits per heavy atom. The van der Waals surface area contributed by atoms with Crippen molar-refractivity contribution in [2.75, 3.05) is 13.9 Å². The molecule has 206 valence electrons. The topological polar surface area (TPSA) is 91.6 Å². The van der Waals surface area contributed by atoms with Crippen LogP contribution in [0.3, 0.4) is 0 Å². The van der Waals surface area contributed by atoms with Crippen molar-refractivity contribution in [3.8, 4) is 17.0 Å².